The normalized spacial score (nSPS) is 27.3. The van der Waals surface area contributed by atoms with Crippen LogP contribution in [0.15, 0.2) is 36.0 Å². The first-order valence-electron chi connectivity index (χ1n) is 9.54. The van der Waals surface area contributed by atoms with Crippen LogP contribution >= 0.6 is 0 Å². The number of hydrogen-bond donors (Lipinski definition) is 4. The number of aliphatic hydroxyl groups excluding tert-OH is 3. The predicted molar refractivity (Wildman–Crippen MR) is 103 cm³/mol. The highest BCUT2D eigenvalue weighted by molar-refractivity contribution is 5.66. The summed E-state index contributed by atoms with van der Waals surface area (Å²) in [6.45, 7) is 4.05. The molecular formula is C21H34O5. The van der Waals surface area contributed by atoms with E-state index in [1.165, 1.54) is 5.57 Å². The van der Waals surface area contributed by atoms with E-state index in [1.807, 2.05) is 32.1 Å². The molecule has 5 heteroatoms. The topological polar surface area (TPSA) is 98.0 Å². The van der Waals surface area contributed by atoms with E-state index in [9.17, 15) is 20.1 Å². The van der Waals surface area contributed by atoms with Crippen molar-refractivity contribution in [1.29, 1.82) is 0 Å². The lowest BCUT2D eigenvalue weighted by Gasteiger charge is -2.19. The average Bonchev–Trinajstić information content (AvgIpc) is 2.81. The van der Waals surface area contributed by atoms with Crippen LogP contribution in [0.4, 0.5) is 0 Å². The molecule has 0 amide bonds. The Bertz CT molecular complexity index is 505. The fourth-order valence-electron chi connectivity index (χ4n) is 3.34. The lowest BCUT2D eigenvalue weighted by Crippen LogP contribution is -2.20. The van der Waals surface area contributed by atoms with Crippen molar-refractivity contribution in [2.75, 3.05) is 0 Å². The van der Waals surface area contributed by atoms with Gasteiger partial charge in [0.1, 0.15) is 0 Å². The van der Waals surface area contributed by atoms with Crippen molar-refractivity contribution in [3.8, 4) is 0 Å². The number of hydrogen-bond acceptors (Lipinski definition) is 4. The summed E-state index contributed by atoms with van der Waals surface area (Å²) in [5.41, 5.74) is 1.23. The SMILES string of the molecule is CC(C)=CCC[C@H](O)C=C[C@@H]1[C@@H](CC=CCCCC(=O)O)[C@@H](O)C[C@H]1O. The first-order valence-corrected chi connectivity index (χ1v) is 9.54. The molecule has 1 saturated carbocycles. The summed E-state index contributed by atoms with van der Waals surface area (Å²) in [6.07, 6.45) is 11.7. The Morgan fingerprint density at radius 1 is 1.15 bits per heavy atom. The fourth-order valence-corrected chi connectivity index (χ4v) is 3.34. The van der Waals surface area contributed by atoms with Gasteiger partial charge in [-0.15, -0.1) is 0 Å². The molecule has 26 heavy (non-hydrogen) atoms. The maximum absolute atomic E-state index is 10.5. The fraction of sp³-hybridized carbons (Fsp3) is 0.667. The summed E-state index contributed by atoms with van der Waals surface area (Å²) < 4.78 is 0. The van der Waals surface area contributed by atoms with Crippen molar-refractivity contribution in [3.63, 3.8) is 0 Å². The van der Waals surface area contributed by atoms with Crippen molar-refractivity contribution in [2.24, 2.45) is 11.8 Å². The molecule has 1 aliphatic rings. The predicted octanol–water partition coefficient (Wildman–Crippen LogP) is 3.21. The Morgan fingerprint density at radius 3 is 2.54 bits per heavy atom. The Hall–Kier alpha value is -1.43. The van der Waals surface area contributed by atoms with Crippen LogP contribution in [0.2, 0.25) is 0 Å². The van der Waals surface area contributed by atoms with E-state index in [-0.39, 0.29) is 18.3 Å². The third kappa shape index (κ3) is 8.79. The number of carboxylic acid groups (broad SMARTS) is 1. The van der Waals surface area contributed by atoms with Crippen LogP contribution in [0.3, 0.4) is 0 Å². The second kappa shape index (κ2) is 12.0. The molecule has 1 rings (SSSR count). The maximum Gasteiger partial charge on any atom is 0.303 e. The molecule has 4 N–H and O–H groups in total. The molecular weight excluding hydrogens is 332 g/mol. The second-order valence-electron chi connectivity index (χ2n) is 7.42. The van der Waals surface area contributed by atoms with Gasteiger partial charge in [-0.3, -0.25) is 4.79 Å². The van der Waals surface area contributed by atoms with Gasteiger partial charge in [0, 0.05) is 18.8 Å². The Balaban J connectivity index is 2.50. The minimum absolute atomic E-state index is 0.0815. The van der Waals surface area contributed by atoms with Gasteiger partial charge in [-0.1, -0.05) is 36.0 Å². The monoisotopic (exact) mass is 366 g/mol. The van der Waals surface area contributed by atoms with Gasteiger partial charge >= 0.3 is 5.97 Å². The Labute approximate surface area is 156 Å². The van der Waals surface area contributed by atoms with E-state index in [0.29, 0.717) is 32.1 Å². The minimum Gasteiger partial charge on any atom is -0.481 e. The second-order valence-corrected chi connectivity index (χ2v) is 7.42. The van der Waals surface area contributed by atoms with Crippen LogP contribution < -0.4 is 0 Å². The molecule has 5 atom stereocenters. The van der Waals surface area contributed by atoms with E-state index in [2.05, 4.69) is 6.08 Å². The van der Waals surface area contributed by atoms with Crippen molar-refractivity contribution in [1.82, 2.24) is 0 Å². The van der Waals surface area contributed by atoms with Crippen LogP contribution in [-0.2, 0) is 4.79 Å². The third-order valence-corrected chi connectivity index (χ3v) is 4.82. The van der Waals surface area contributed by atoms with Gasteiger partial charge in [0.2, 0.25) is 0 Å². The van der Waals surface area contributed by atoms with Crippen LogP contribution in [0, 0.1) is 11.8 Å². The number of unbranched alkanes of at least 4 members (excludes halogenated alkanes) is 1. The highest BCUT2D eigenvalue weighted by atomic mass is 16.4. The Kier molecular flexibility index (Phi) is 10.5. The molecule has 0 spiro atoms. The first kappa shape index (κ1) is 22.6. The summed E-state index contributed by atoms with van der Waals surface area (Å²) in [5, 5.41) is 39.1. The summed E-state index contributed by atoms with van der Waals surface area (Å²) >= 11 is 0. The number of rotatable bonds is 11. The zero-order chi connectivity index (χ0) is 19.5. The number of carboxylic acids is 1. The minimum atomic E-state index is -0.791. The molecule has 0 saturated heterocycles. The summed E-state index contributed by atoms with van der Waals surface area (Å²) in [7, 11) is 0. The lowest BCUT2D eigenvalue weighted by atomic mass is 9.89. The lowest BCUT2D eigenvalue weighted by molar-refractivity contribution is -0.137. The number of aliphatic carboxylic acids is 1. The quantitative estimate of drug-likeness (QED) is 0.332. The summed E-state index contributed by atoms with van der Waals surface area (Å²) in [6, 6.07) is 0. The number of carbonyl (C=O) groups is 1. The zero-order valence-corrected chi connectivity index (χ0v) is 15.9. The molecule has 1 aliphatic carbocycles. The van der Waals surface area contributed by atoms with Crippen LogP contribution in [0.1, 0.15) is 58.8 Å². The third-order valence-electron chi connectivity index (χ3n) is 4.82. The van der Waals surface area contributed by atoms with Gasteiger partial charge in [-0.2, -0.15) is 0 Å². The van der Waals surface area contributed by atoms with Gasteiger partial charge < -0.3 is 20.4 Å². The van der Waals surface area contributed by atoms with E-state index >= 15 is 0 Å². The molecule has 0 aliphatic heterocycles. The Morgan fingerprint density at radius 2 is 1.88 bits per heavy atom. The molecule has 1 fully saturated rings. The van der Waals surface area contributed by atoms with Crippen molar-refractivity contribution in [3.05, 3.63) is 36.0 Å². The molecule has 148 valence electrons. The van der Waals surface area contributed by atoms with Gasteiger partial charge in [-0.25, -0.2) is 0 Å². The molecule has 0 radical (unpaired) electrons. The van der Waals surface area contributed by atoms with E-state index < -0.39 is 24.3 Å². The molecule has 0 aromatic heterocycles. The maximum atomic E-state index is 10.5. The van der Waals surface area contributed by atoms with Gasteiger partial charge in [-0.05, 0) is 51.9 Å². The smallest absolute Gasteiger partial charge is 0.303 e. The van der Waals surface area contributed by atoms with Crippen LogP contribution in [0.5, 0.6) is 0 Å². The van der Waals surface area contributed by atoms with E-state index in [0.717, 1.165) is 6.42 Å². The zero-order valence-electron chi connectivity index (χ0n) is 15.9. The van der Waals surface area contributed by atoms with Crippen LogP contribution in [-0.4, -0.2) is 44.7 Å². The van der Waals surface area contributed by atoms with Gasteiger partial charge in [0.25, 0.3) is 0 Å². The highest BCUT2D eigenvalue weighted by Crippen LogP contribution is 2.36. The summed E-state index contributed by atoms with van der Waals surface area (Å²) in [5.74, 6) is -1.05. The average molecular weight is 366 g/mol. The molecule has 0 unspecified atom stereocenters. The highest BCUT2D eigenvalue weighted by Gasteiger charge is 2.39. The van der Waals surface area contributed by atoms with Crippen molar-refractivity contribution >= 4 is 5.97 Å². The largest absolute Gasteiger partial charge is 0.481 e. The standard InChI is InChI=1S/C21H34O5/c1-15(2)8-7-9-16(22)12-13-18-17(19(23)14-20(18)24)10-5-3-4-6-11-21(25)26/h3,5,8,12-13,16-20,22-24H,4,6-7,9-11,14H2,1-2H3,(H,25,26)/t16-,17+,18+,19-,20+/m0/s1. The van der Waals surface area contributed by atoms with Crippen LogP contribution in [0.25, 0.3) is 0 Å². The van der Waals surface area contributed by atoms with Crippen molar-refractivity contribution < 1.29 is 25.2 Å². The molecule has 0 bridgehead atoms. The van der Waals surface area contributed by atoms with Gasteiger partial charge in [0.05, 0.1) is 18.3 Å². The van der Waals surface area contributed by atoms with Crippen molar-refractivity contribution in [2.45, 2.75) is 77.1 Å². The number of aliphatic hydroxyl groups is 3. The molecule has 0 heterocycles. The molecule has 0 aromatic rings. The van der Waals surface area contributed by atoms with Gasteiger partial charge in [0.15, 0.2) is 0 Å². The molecule has 5 nitrogen and oxygen atoms in total. The number of allylic oxidation sites excluding steroid dienone is 4. The first-order chi connectivity index (χ1) is 12.3. The van der Waals surface area contributed by atoms with E-state index in [1.54, 1.807) is 6.08 Å². The van der Waals surface area contributed by atoms with E-state index in [4.69, 9.17) is 5.11 Å². The summed E-state index contributed by atoms with van der Waals surface area (Å²) in [4.78, 5) is 10.5. The molecule has 0 aromatic carbocycles.